The summed E-state index contributed by atoms with van der Waals surface area (Å²) >= 11 is 7.58. The first-order chi connectivity index (χ1) is 10.7. The number of thiazole rings is 1. The number of aromatic nitrogens is 5. The van der Waals surface area contributed by atoms with Gasteiger partial charge in [-0.25, -0.2) is 9.97 Å². The molecule has 0 amide bonds. The van der Waals surface area contributed by atoms with Gasteiger partial charge in [-0.1, -0.05) is 11.3 Å². The molecular formula is C13H13ClN6OS. The van der Waals surface area contributed by atoms with Crippen LogP contribution in [0.25, 0.3) is 20.9 Å². The molecule has 0 aliphatic carbocycles. The van der Waals surface area contributed by atoms with Gasteiger partial charge in [-0.3, -0.25) is 4.68 Å². The van der Waals surface area contributed by atoms with Crippen molar-refractivity contribution in [2.75, 3.05) is 31.2 Å². The molecule has 0 saturated carbocycles. The number of hydrogen-bond acceptors (Lipinski definition) is 7. The molecular weight excluding hydrogens is 324 g/mol. The lowest BCUT2D eigenvalue weighted by Gasteiger charge is -2.27. The molecule has 0 atom stereocenters. The van der Waals surface area contributed by atoms with E-state index in [9.17, 15) is 0 Å². The molecule has 4 heterocycles. The van der Waals surface area contributed by atoms with Crippen molar-refractivity contribution in [2.45, 2.75) is 0 Å². The van der Waals surface area contributed by atoms with E-state index in [1.165, 1.54) is 11.3 Å². The summed E-state index contributed by atoms with van der Waals surface area (Å²) in [6, 6.07) is 0. The van der Waals surface area contributed by atoms with Gasteiger partial charge < -0.3 is 9.64 Å². The summed E-state index contributed by atoms with van der Waals surface area (Å²) in [5.74, 6) is 0.782. The highest BCUT2D eigenvalue weighted by Crippen LogP contribution is 2.34. The fourth-order valence-corrected chi connectivity index (χ4v) is 3.56. The minimum Gasteiger partial charge on any atom is -0.378 e. The normalized spacial score (nSPS) is 15.6. The molecule has 9 heteroatoms. The van der Waals surface area contributed by atoms with Gasteiger partial charge in [0.1, 0.15) is 10.5 Å². The Hall–Kier alpha value is -1.77. The van der Waals surface area contributed by atoms with Crippen LogP contribution in [-0.2, 0) is 11.8 Å². The molecule has 3 aromatic rings. The van der Waals surface area contributed by atoms with Crippen molar-refractivity contribution >= 4 is 39.1 Å². The molecule has 0 N–H and O–H groups in total. The quantitative estimate of drug-likeness (QED) is 0.666. The summed E-state index contributed by atoms with van der Waals surface area (Å²) in [4.78, 5) is 16.3. The van der Waals surface area contributed by atoms with Gasteiger partial charge in [0.2, 0.25) is 5.28 Å². The maximum absolute atomic E-state index is 6.08. The first-order valence-corrected chi connectivity index (χ1v) is 8.06. The summed E-state index contributed by atoms with van der Waals surface area (Å²) in [5.41, 5.74) is 1.75. The minimum absolute atomic E-state index is 0.246. The Morgan fingerprint density at radius 3 is 2.77 bits per heavy atom. The lowest BCUT2D eigenvalue weighted by Crippen LogP contribution is -2.37. The third kappa shape index (κ3) is 2.43. The van der Waals surface area contributed by atoms with Crippen LogP contribution in [0.1, 0.15) is 0 Å². The van der Waals surface area contributed by atoms with E-state index in [1.54, 1.807) is 10.9 Å². The number of anilines is 1. The first kappa shape index (κ1) is 13.9. The third-order valence-electron chi connectivity index (χ3n) is 3.48. The van der Waals surface area contributed by atoms with Crippen LogP contribution < -0.4 is 4.90 Å². The molecule has 1 fully saturated rings. The van der Waals surface area contributed by atoms with E-state index < -0.39 is 0 Å². The third-order valence-corrected chi connectivity index (χ3v) is 4.64. The molecule has 0 radical (unpaired) electrons. The molecule has 3 aromatic heterocycles. The molecule has 1 aliphatic heterocycles. The largest absolute Gasteiger partial charge is 0.378 e. The average molecular weight is 337 g/mol. The maximum atomic E-state index is 6.08. The highest BCUT2D eigenvalue weighted by Gasteiger charge is 2.20. The van der Waals surface area contributed by atoms with Gasteiger partial charge in [-0.2, -0.15) is 10.1 Å². The van der Waals surface area contributed by atoms with Crippen molar-refractivity contribution in [3.8, 4) is 10.6 Å². The number of morpholine rings is 1. The average Bonchev–Trinajstić information content (AvgIpc) is 3.13. The lowest BCUT2D eigenvalue weighted by molar-refractivity contribution is 0.122. The molecule has 0 aromatic carbocycles. The summed E-state index contributed by atoms with van der Waals surface area (Å²) in [6.45, 7) is 2.93. The van der Waals surface area contributed by atoms with Gasteiger partial charge in [0.15, 0.2) is 10.6 Å². The zero-order valence-electron chi connectivity index (χ0n) is 11.9. The van der Waals surface area contributed by atoms with Crippen LogP contribution in [0, 0.1) is 0 Å². The van der Waals surface area contributed by atoms with Crippen molar-refractivity contribution in [1.82, 2.24) is 24.7 Å². The molecule has 0 unspecified atom stereocenters. The Bertz CT molecular complexity index is 825. The smallest absolute Gasteiger partial charge is 0.225 e. The molecule has 7 nitrogen and oxygen atoms in total. The number of aryl methyl sites for hydroxylation is 1. The van der Waals surface area contributed by atoms with Crippen molar-refractivity contribution < 1.29 is 4.74 Å². The molecule has 22 heavy (non-hydrogen) atoms. The second kappa shape index (κ2) is 5.45. The predicted octanol–water partition coefficient (Wildman–Crippen LogP) is 1.98. The van der Waals surface area contributed by atoms with Crippen LogP contribution in [0.4, 0.5) is 5.82 Å². The monoisotopic (exact) mass is 336 g/mol. The number of fused-ring (bicyclic) bond motifs is 1. The van der Waals surface area contributed by atoms with E-state index in [4.69, 9.17) is 21.3 Å². The van der Waals surface area contributed by atoms with Crippen molar-refractivity contribution in [3.63, 3.8) is 0 Å². The van der Waals surface area contributed by atoms with Crippen LogP contribution in [-0.4, -0.2) is 51.0 Å². The number of hydrogen-bond donors (Lipinski definition) is 0. The molecule has 0 bridgehead atoms. The minimum atomic E-state index is 0.246. The van der Waals surface area contributed by atoms with Crippen LogP contribution in [0.15, 0.2) is 12.4 Å². The SMILES string of the molecule is Cn1cc(-c2nc3c(N4CCOCC4)nc(Cl)nc3s2)cn1. The predicted molar refractivity (Wildman–Crippen MR) is 85.5 cm³/mol. The van der Waals surface area contributed by atoms with Gasteiger partial charge in [-0.05, 0) is 11.6 Å². The van der Waals surface area contributed by atoms with Crippen molar-refractivity contribution in [2.24, 2.45) is 7.05 Å². The van der Waals surface area contributed by atoms with Crippen molar-refractivity contribution in [1.29, 1.82) is 0 Å². The molecule has 0 spiro atoms. The standard InChI is InChI=1S/C13H13ClN6OS/c1-19-7-8(6-15-19)11-16-9-10(20-2-4-21-5-3-20)17-13(14)18-12(9)22-11/h6-7H,2-5H2,1H3. The highest BCUT2D eigenvalue weighted by atomic mass is 35.5. The van der Waals surface area contributed by atoms with Crippen LogP contribution in [0.5, 0.6) is 0 Å². The Kier molecular flexibility index (Phi) is 3.44. The zero-order valence-corrected chi connectivity index (χ0v) is 13.4. The van der Waals surface area contributed by atoms with Gasteiger partial charge >= 0.3 is 0 Å². The van der Waals surface area contributed by atoms with Gasteiger partial charge in [0.05, 0.1) is 19.4 Å². The summed E-state index contributed by atoms with van der Waals surface area (Å²) < 4.78 is 7.15. The highest BCUT2D eigenvalue weighted by molar-refractivity contribution is 7.21. The van der Waals surface area contributed by atoms with Gasteiger partial charge in [-0.15, -0.1) is 0 Å². The number of halogens is 1. The van der Waals surface area contributed by atoms with E-state index in [0.29, 0.717) is 13.2 Å². The second-order valence-electron chi connectivity index (χ2n) is 4.99. The van der Waals surface area contributed by atoms with Gasteiger partial charge in [0.25, 0.3) is 0 Å². The Balaban J connectivity index is 1.84. The van der Waals surface area contributed by atoms with E-state index in [1.807, 2.05) is 13.2 Å². The zero-order chi connectivity index (χ0) is 15.1. The van der Waals surface area contributed by atoms with Crippen LogP contribution in [0.2, 0.25) is 5.28 Å². The topological polar surface area (TPSA) is 69.0 Å². The van der Waals surface area contributed by atoms with Crippen LogP contribution >= 0.6 is 22.9 Å². The molecule has 4 rings (SSSR count). The fraction of sp³-hybridized carbons (Fsp3) is 0.385. The van der Waals surface area contributed by atoms with Crippen molar-refractivity contribution in [3.05, 3.63) is 17.7 Å². The Morgan fingerprint density at radius 2 is 2.05 bits per heavy atom. The Morgan fingerprint density at radius 1 is 1.23 bits per heavy atom. The summed E-state index contributed by atoms with van der Waals surface area (Å²) in [5, 5.41) is 5.30. The van der Waals surface area contributed by atoms with E-state index in [2.05, 4.69) is 20.0 Å². The van der Waals surface area contributed by atoms with E-state index in [-0.39, 0.29) is 5.28 Å². The van der Waals surface area contributed by atoms with Crippen LogP contribution in [0.3, 0.4) is 0 Å². The molecule has 1 aliphatic rings. The number of nitrogens with zero attached hydrogens (tertiary/aromatic N) is 6. The Labute approximate surface area is 135 Å². The van der Waals surface area contributed by atoms with E-state index in [0.717, 1.165) is 39.8 Å². The molecule has 114 valence electrons. The van der Waals surface area contributed by atoms with Gasteiger partial charge in [0, 0.05) is 31.9 Å². The fourth-order valence-electron chi connectivity index (χ4n) is 2.43. The number of ether oxygens (including phenoxy) is 1. The summed E-state index contributed by atoms with van der Waals surface area (Å²) in [7, 11) is 1.88. The second-order valence-corrected chi connectivity index (χ2v) is 6.31. The number of rotatable bonds is 2. The molecule has 1 saturated heterocycles. The maximum Gasteiger partial charge on any atom is 0.225 e. The summed E-state index contributed by atoms with van der Waals surface area (Å²) in [6.07, 6.45) is 3.72. The van der Waals surface area contributed by atoms with E-state index >= 15 is 0 Å². The lowest BCUT2D eigenvalue weighted by atomic mass is 10.3. The first-order valence-electron chi connectivity index (χ1n) is 6.86.